The molecule has 0 radical (unpaired) electrons. The Kier molecular flexibility index (Phi) is 6.69. The van der Waals surface area contributed by atoms with E-state index in [1.54, 1.807) is 24.3 Å². The second-order valence-electron chi connectivity index (χ2n) is 4.98. The third-order valence-corrected chi connectivity index (χ3v) is 4.14. The standard InChI is InChI=1S/C18H19NO4S/c1-2-23-16-9-4-3-8-15(16)19-17(20)12-24-11-13-6-5-7-14(10-13)18(21)22/h3-10H,2,11-12H2,1H3,(H,19,20)(H,21,22). The van der Waals surface area contributed by atoms with Gasteiger partial charge in [0.1, 0.15) is 5.75 Å². The summed E-state index contributed by atoms with van der Waals surface area (Å²) in [5.74, 6) is 0.417. The molecule has 0 atom stereocenters. The number of anilines is 1. The molecule has 126 valence electrons. The molecule has 6 heteroatoms. The summed E-state index contributed by atoms with van der Waals surface area (Å²) >= 11 is 1.43. The van der Waals surface area contributed by atoms with E-state index >= 15 is 0 Å². The third-order valence-electron chi connectivity index (χ3n) is 3.14. The van der Waals surface area contributed by atoms with Gasteiger partial charge in [0.2, 0.25) is 5.91 Å². The van der Waals surface area contributed by atoms with E-state index in [1.165, 1.54) is 11.8 Å². The second kappa shape index (κ2) is 8.98. The lowest BCUT2D eigenvalue weighted by atomic mass is 10.1. The van der Waals surface area contributed by atoms with Crippen molar-refractivity contribution in [2.45, 2.75) is 12.7 Å². The van der Waals surface area contributed by atoms with Crippen molar-refractivity contribution in [3.05, 3.63) is 59.7 Å². The van der Waals surface area contributed by atoms with Gasteiger partial charge in [0, 0.05) is 5.75 Å². The minimum atomic E-state index is -0.952. The summed E-state index contributed by atoms with van der Waals surface area (Å²) in [5.41, 5.74) is 1.78. The van der Waals surface area contributed by atoms with Crippen LogP contribution >= 0.6 is 11.8 Å². The van der Waals surface area contributed by atoms with Gasteiger partial charge in [-0.05, 0) is 36.8 Å². The van der Waals surface area contributed by atoms with Gasteiger partial charge in [-0.15, -0.1) is 11.8 Å². The van der Waals surface area contributed by atoms with Crippen LogP contribution in [0.5, 0.6) is 5.75 Å². The highest BCUT2D eigenvalue weighted by Crippen LogP contribution is 2.24. The van der Waals surface area contributed by atoms with Gasteiger partial charge in [-0.25, -0.2) is 4.79 Å². The molecule has 2 aromatic rings. The zero-order valence-electron chi connectivity index (χ0n) is 13.3. The maximum atomic E-state index is 12.1. The number of hydrogen-bond donors (Lipinski definition) is 2. The zero-order chi connectivity index (χ0) is 17.4. The molecule has 24 heavy (non-hydrogen) atoms. The highest BCUT2D eigenvalue weighted by molar-refractivity contribution is 7.99. The molecule has 0 aliphatic heterocycles. The number of amides is 1. The number of carbonyl (C=O) groups excluding carboxylic acids is 1. The molecular formula is C18H19NO4S. The Bertz CT molecular complexity index is 718. The number of rotatable bonds is 8. The van der Waals surface area contributed by atoms with Crippen LogP contribution in [0.15, 0.2) is 48.5 Å². The lowest BCUT2D eigenvalue weighted by Crippen LogP contribution is -2.15. The topological polar surface area (TPSA) is 75.6 Å². The summed E-state index contributed by atoms with van der Waals surface area (Å²) in [4.78, 5) is 23.0. The molecule has 5 nitrogen and oxygen atoms in total. The Morgan fingerprint density at radius 2 is 1.96 bits per heavy atom. The van der Waals surface area contributed by atoms with Gasteiger partial charge in [0.25, 0.3) is 0 Å². The van der Waals surface area contributed by atoms with Gasteiger partial charge in [0.05, 0.1) is 23.6 Å². The fourth-order valence-corrected chi connectivity index (χ4v) is 2.87. The van der Waals surface area contributed by atoms with Crippen LogP contribution in [0.3, 0.4) is 0 Å². The maximum absolute atomic E-state index is 12.1. The second-order valence-corrected chi connectivity index (χ2v) is 5.96. The van der Waals surface area contributed by atoms with Crippen molar-refractivity contribution in [2.75, 3.05) is 17.7 Å². The number of carbonyl (C=O) groups is 2. The predicted molar refractivity (Wildman–Crippen MR) is 95.8 cm³/mol. The number of para-hydroxylation sites is 2. The molecule has 0 saturated carbocycles. The number of ether oxygens (including phenoxy) is 1. The van der Waals surface area contributed by atoms with Crippen molar-refractivity contribution in [2.24, 2.45) is 0 Å². The monoisotopic (exact) mass is 345 g/mol. The Morgan fingerprint density at radius 1 is 1.17 bits per heavy atom. The number of aromatic carboxylic acids is 1. The Morgan fingerprint density at radius 3 is 2.71 bits per heavy atom. The molecule has 2 N–H and O–H groups in total. The minimum Gasteiger partial charge on any atom is -0.492 e. The smallest absolute Gasteiger partial charge is 0.335 e. The molecule has 0 aromatic heterocycles. The molecule has 0 unspecified atom stereocenters. The number of thioether (sulfide) groups is 1. The predicted octanol–water partition coefficient (Wildman–Crippen LogP) is 3.66. The molecule has 2 rings (SSSR count). The van der Waals surface area contributed by atoms with E-state index < -0.39 is 5.97 Å². The normalized spacial score (nSPS) is 10.2. The van der Waals surface area contributed by atoms with Crippen molar-refractivity contribution < 1.29 is 19.4 Å². The van der Waals surface area contributed by atoms with E-state index in [0.717, 1.165) is 5.56 Å². The van der Waals surface area contributed by atoms with Crippen LogP contribution < -0.4 is 10.1 Å². The quantitative estimate of drug-likeness (QED) is 0.764. The Balaban J connectivity index is 1.86. The van der Waals surface area contributed by atoms with E-state index in [-0.39, 0.29) is 17.2 Å². The van der Waals surface area contributed by atoms with E-state index in [1.807, 2.05) is 31.2 Å². The molecule has 1 amide bonds. The van der Waals surface area contributed by atoms with Crippen LogP contribution in [0.25, 0.3) is 0 Å². The molecule has 0 bridgehead atoms. The first-order valence-corrected chi connectivity index (χ1v) is 8.67. The average Bonchev–Trinajstić information content (AvgIpc) is 2.57. The largest absolute Gasteiger partial charge is 0.492 e. The van der Waals surface area contributed by atoms with Crippen LogP contribution in [-0.4, -0.2) is 29.3 Å². The molecule has 0 heterocycles. The summed E-state index contributed by atoms with van der Waals surface area (Å²) in [6, 6.07) is 14.0. The van der Waals surface area contributed by atoms with Gasteiger partial charge in [-0.2, -0.15) is 0 Å². The van der Waals surface area contributed by atoms with E-state index in [4.69, 9.17) is 9.84 Å². The SMILES string of the molecule is CCOc1ccccc1NC(=O)CSCc1cccc(C(=O)O)c1. The average molecular weight is 345 g/mol. The summed E-state index contributed by atoms with van der Waals surface area (Å²) in [5, 5.41) is 11.8. The van der Waals surface area contributed by atoms with Crippen molar-refractivity contribution >= 4 is 29.3 Å². The van der Waals surface area contributed by atoms with Gasteiger partial charge in [-0.1, -0.05) is 24.3 Å². The van der Waals surface area contributed by atoms with Gasteiger partial charge >= 0.3 is 5.97 Å². The van der Waals surface area contributed by atoms with Crippen LogP contribution in [0.4, 0.5) is 5.69 Å². The van der Waals surface area contributed by atoms with Gasteiger partial charge in [0.15, 0.2) is 0 Å². The highest BCUT2D eigenvalue weighted by Gasteiger charge is 2.08. The molecule has 0 aliphatic rings. The lowest BCUT2D eigenvalue weighted by molar-refractivity contribution is -0.113. The molecule has 0 fully saturated rings. The first-order chi connectivity index (χ1) is 11.6. The minimum absolute atomic E-state index is 0.124. The van der Waals surface area contributed by atoms with Crippen molar-refractivity contribution in [1.29, 1.82) is 0 Å². The highest BCUT2D eigenvalue weighted by atomic mass is 32.2. The van der Waals surface area contributed by atoms with E-state index in [9.17, 15) is 9.59 Å². The van der Waals surface area contributed by atoms with Crippen LogP contribution in [0, 0.1) is 0 Å². The molecule has 2 aromatic carbocycles. The summed E-state index contributed by atoms with van der Waals surface area (Å²) < 4.78 is 5.47. The van der Waals surface area contributed by atoms with E-state index in [0.29, 0.717) is 23.8 Å². The summed E-state index contributed by atoms with van der Waals surface area (Å²) in [6.07, 6.45) is 0. The lowest BCUT2D eigenvalue weighted by Gasteiger charge is -2.11. The summed E-state index contributed by atoms with van der Waals surface area (Å²) in [6.45, 7) is 2.42. The fourth-order valence-electron chi connectivity index (χ4n) is 2.09. The van der Waals surface area contributed by atoms with Crippen LogP contribution in [0.1, 0.15) is 22.8 Å². The maximum Gasteiger partial charge on any atom is 0.335 e. The first kappa shape index (κ1) is 17.9. The molecule has 0 saturated heterocycles. The number of benzene rings is 2. The molecule has 0 spiro atoms. The number of hydrogen-bond acceptors (Lipinski definition) is 4. The van der Waals surface area contributed by atoms with Crippen molar-refractivity contribution in [3.63, 3.8) is 0 Å². The Labute approximate surface area is 145 Å². The first-order valence-electron chi connectivity index (χ1n) is 7.51. The van der Waals surface area contributed by atoms with Gasteiger partial charge < -0.3 is 15.2 Å². The van der Waals surface area contributed by atoms with Crippen molar-refractivity contribution in [1.82, 2.24) is 0 Å². The number of carboxylic acid groups (broad SMARTS) is 1. The third kappa shape index (κ3) is 5.31. The summed E-state index contributed by atoms with van der Waals surface area (Å²) in [7, 11) is 0. The number of carboxylic acids is 1. The zero-order valence-corrected chi connectivity index (χ0v) is 14.1. The van der Waals surface area contributed by atoms with Crippen LogP contribution in [-0.2, 0) is 10.5 Å². The van der Waals surface area contributed by atoms with Crippen molar-refractivity contribution in [3.8, 4) is 5.75 Å². The molecular weight excluding hydrogens is 326 g/mol. The number of nitrogens with one attached hydrogen (secondary N) is 1. The fraction of sp³-hybridized carbons (Fsp3) is 0.222. The van der Waals surface area contributed by atoms with Gasteiger partial charge in [-0.3, -0.25) is 4.79 Å². The molecule has 0 aliphatic carbocycles. The van der Waals surface area contributed by atoms with E-state index in [2.05, 4.69) is 5.32 Å². The van der Waals surface area contributed by atoms with Crippen LogP contribution in [0.2, 0.25) is 0 Å². The Hall–Kier alpha value is -2.47.